The van der Waals surface area contributed by atoms with Crippen molar-refractivity contribution in [3.05, 3.63) is 51.8 Å². The van der Waals surface area contributed by atoms with Gasteiger partial charge in [-0.1, -0.05) is 29.3 Å². The second-order valence-corrected chi connectivity index (χ2v) is 8.79. The summed E-state index contributed by atoms with van der Waals surface area (Å²) in [6.07, 6.45) is 1.84. The minimum atomic E-state index is -4.04. The summed E-state index contributed by atoms with van der Waals surface area (Å²) >= 11 is 12.4. The Hall–Kier alpha value is -1.58. The Balaban J connectivity index is 2.03. The zero-order valence-electron chi connectivity index (χ0n) is 14.4. The lowest BCUT2D eigenvalue weighted by atomic mass is 10.2. The number of ether oxygens (including phenoxy) is 1. The fourth-order valence-electron chi connectivity index (χ4n) is 3.14. The zero-order chi connectivity index (χ0) is 19.8. The Morgan fingerprint density at radius 2 is 2.04 bits per heavy atom. The Kier molecular flexibility index (Phi) is 5.83. The van der Waals surface area contributed by atoms with Crippen LogP contribution in [0.2, 0.25) is 10.0 Å². The maximum absolute atomic E-state index is 13.4. The van der Waals surface area contributed by atoms with Gasteiger partial charge in [0.25, 0.3) is 0 Å². The van der Waals surface area contributed by atoms with E-state index in [0.717, 1.165) is 5.69 Å². The lowest BCUT2D eigenvalue weighted by Gasteiger charge is -2.36. The van der Waals surface area contributed by atoms with E-state index in [2.05, 4.69) is 0 Å². The molecule has 0 aliphatic carbocycles. The minimum Gasteiger partial charge on any atom is -0.480 e. The number of nitrogens with zero attached hydrogens (tertiary/aromatic N) is 2. The van der Waals surface area contributed by atoms with Gasteiger partial charge in [0, 0.05) is 25.0 Å². The first-order valence-electron chi connectivity index (χ1n) is 8.14. The number of sulfonamides is 1. The highest BCUT2D eigenvalue weighted by molar-refractivity contribution is 7.89. The summed E-state index contributed by atoms with van der Waals surface area (Å²) in [5, 5.41) is 8.92. The number of hydrogen-bond acceptors (Lipinski definition) is 4. The normalized spacial score (nSPS) is 17.7. The van der Waals surface area contributed by atoms with Gasteiger partial charge in [-0.15, -0.1) is 0 Å². The van der Waals surface area contributed by atoms with E-state index >= 15 is 0 Å². The number of carboxylic acids is 1. The van der Waals surface area contributed by atoms with Crippen molar-refractivity contribution >= 4 is 39.2 Å². The van der Waals surface area contributed by atoms with Crippen LogP contribution in [-0.2, 0) is 26.1 Å². The van der Waals surface area contributed by atoms with Crippen molar-refractivity contribution in [2.45, 2.75) is 24.4 Å². The van der Waals surface area contributed by atoms with Crippen molar-refractivity contribution in [3.8, 4) is 0 Å². The van der Waals surface area contributed by atoms with E-state index in [4.69, 9.17) is 33.0 Å². The van der Waals surface area contributed by atoms with Gasteiger partial charge in [-0.3, -0.25) is 0 Å². The first-order valence-corrected chi connectivity index (χ1v) is 10.3. The summed E-state index contributed by atoms with van der Waals surface area (Å²) in [4.78, 5) is 10.6. The molecule has 146 valence electrons. The molecule has 1 aromatic carbocycles. The molecule has 0 bridgehead atoms. The van der Waals surface area contributed by atoms with E-state index in [1.54, 1.807) is 19.1 Å². The Bertz CT molecular complexity index is 974. The van der Waals surface area contributed by atoms with Crippen molar-refractivity contribution in [2.24, 2.45) is 0 Å². The smallest absolute Gasteiger partial charge is 0.329 e. The molecule has 1 atom stereocenters. The number of aromatic nitrogens is 1. The molecule has 2 aromatic rings. The number of aliphatic carboxylic acids is 1. The second kappa shape index (κ2) is 7.81. The van der Waals surface area contributed by atoms with Crippen LogP contribution in [0.3, 0.4) is 0 Å². The van der Waals surface area contributed by atoms with Gasteiger partial charge in [0.15, 0.2) is 0 Å². The molecule has 0 saturated heterocycles. The van der Waals surface area contributed by atoms with Crippen LogP contribution in [-0.4, -0.2) is 48.1 Å². The molecular formula is C17H18Cl2N2O5S. The first kappa shape index (κ1) is 20.2. The average Bonchev–Trinajstić information content (AvgIpc) is 3.07. The summed E-state index contributed by atoms with van der Waals surface area (Å²) in [6, 6.07) is 6.06. The van der Waals surface area contributed by atoms with E-state index in [1.165, 1.54) is 10.4 Å². The molecule has 2 heterocycles. The van der Waals surface area contributed by atoms with Crippen LogP contribution in [0.4, 0.5) is 0 Å². The molecular weight excluding hydrogens is 415 g/mol. The summed E-state index contributed by atoms with van der Waals surface area (Å²) in [5.74, 6) is -1.12. The molecule has 1 unspecified atom stereocenters. The van der Waals surface area contributed by atoms with E-state index in [1.807, 2.05) is 16.8 Å². The van der Waals surface area contributed by atoms with Gasteiger partial charge in [-0.25, -0.2) is 13.2 Å². The predicted octanol–water partition coefficient (Wildman–Crippen LogP) is 2.95. The van der Waals surface area contributed by atoms with Crippen LogP contribution in [0.25, 0.3) is 0 Å². The van der Waals surface area contributed by atoms with Crippen molar-refractivity contribution in [3.63, 3.8) is 0 Å². The van der Waals surface area contributed by atoms with Crippen LogP contribution in [0.15, 0.2) is 35.4 Å². The lowest BCUT2D eigenvalue weighted by Crippen LogP contribution is -2.44. The summed E-state index contributed by atoms with van der Waals surface area (Å²) in [5.41, 5.74) is 1.31. The third kappa shape index (κ3) is 3.86. The minimum absolute atomic E-state index is 0.0387. The molecule has 1 aliphatic heterocycles. The van der Waals surface area contributed by atoms with Gasteiger partial charge in [-0.05, 0) is 30.7 Å². The molecule has 1 aliphatic rings. The van der Waals surface area contributed by atoms with Crippen LogP contribution in [0, 0.1) is 6.92 Å². The molecule has 27 heavy (non-hydrogen) atoms. The fourth-order valence-corrected chi connectivity index (χ4v) is 5.86. The van der Waals surface area contributed by atoms with E-state index in [-0.39, 0.29) is 28.1 Å². The molecule has 1 N–H and O–H groups in total. The zero-order valence-corrected chi connectivity index (χ0v) is 16.8. The van der Waals surface area contributed by atoms with Crippen molar-refractivity contribution in [1.82, 2.24) is 8.87 Å². The Labute approximate surface area is 167 Å². The van der Waals surface area contributed by atoms with Gasteiger partial charge in [0.05, 0.1) is 22.7 Å². The SMILES string of the molecule is Cc1ccc(Cl)c(S(=O)(=O)N2CCn3cccc3C2COCC(=O)O)c1Cl. The predicted molar refractivity (Wildman–Crippen MR) is 101 cm³/mol. The third-order valence-corrected chi connectivity index (χ3v) is 7.45. The average molecular weight is 433 g/mol. The lowest BCUT2D eigenvalue weighted by molar-refractivity contribution is -0.142. The van der Waals surface area contributed by atoms with Crippen molar-refractivity contribution < 1.29 is 23.1 Å². The Morgan fingerprint density at radius 3 is 2.74 bits per heavy atom. The topological polar surface area (TPSA) is 88.8 Å². The highest BCUT2D eigenvalue weighted by Crippen LogP contribution is 2.38. The molecule has 7 nitrogen and oxygen atoms in total. The molecule has 0 radical (unpaired) electrons. The van der Waals surface area contributed by atoms with Crippen LogP contribution >= 0.6 is 23.2 Å². The first-order chi connectivity index (χ1) is 12.7. The Morgan fingerprint density at radius 1 is 1.30 bits per heavy atom. The summed E-state index contributed by atoms with van der Waals surface area (Å²) in [6.45, 7) is 1.73. The molecule has 0 spiro atoms. The summed E-state index contributed by atoms with van der Waals surface area (Å²) in [7, 11) is -4.04. The van der Waals surface area contributed by atoms with Crippen molar-refractivity contribution in [1.29, 1.82) is 0 Å². The molecule has 0 fully saturated rings. The maximum atomic E-state index is 13.4. The number of fused-ring (bicyclic) bond motifs is 1. The number of carboxylic acid groups (broad SMARTS) is 1. The van der Waals surface area contributed by atoms with Gasteiger partial charge in [0.2, 0.25) is 10.0 Å². The highest BCUT2D eigenvalue weighted by Gasteiger charge is 2.39. The number of aryl methyl sites for hydroxylation is 1. The third-order valence-electron chi connectivity index (χ3n) is 4.43. The monoisotopic (exact) mass is 432 g/mol. The number of halogens is 2. The van der Waals surface area contributed by atoms with Gasteiger partial charge in [-0.2, -0.15) is 4.31 Å². The molecule has 0 amide bonds. The molecule has 3 rings (SSSR count). The molecule has 0 saturated carbocycles. The van der Waals surface area contributed by atoms with Crippen LogP contribution in [0.1, 0.15) is 17.3 Å². The number of hydrogen-bond donors (Lipinski definition) is 1. The number of benzene rings is 1. The number of carbonyl (C=O) groups is 1. The van der Waals surface area contributed by atoms with Gasteiger partial charge < -0.3 is 14.4 Å². The maximum Gasteiger partial charge on any atom is 0.329 e. The van der Waals surface area contributed by atoms with E-state index in [0.29, 0.717) is 12.1 Å². The van der Waals surface area contributed by atoms with Gasteiger partial charge >= 0.3 is 5.97 Å². The molecule has 10 heteroatoms. The largest absolute Gasteiger partial charge is 0.480 e. The fraction of sp³-hybridized carbons (Fsp3) is 0.353. The van der Waals surface area contributed by atoms with Crippen molar-refractivity contribution in [2.75, 3.05) is 19.8 Å². The quantitative estimate of drug-likeness (QED) is 0.757. The van der Waals surface area contributed by atoms with Gasteiger partial charge in [0.1, 0.15) is 11.5 Å². The standard InChI is InChI=1S/C17H18Cl2N2O5S/c1-11-4-5-12(18)17(16(11)19)27(24,25)21-8-7-20-6-2-3-13(20)14(21)9-26-10-15(22)23/h2-6,14H,7-10H2,1H3,(H,22,23). The van der Waals surface area contributed by atoms with Crippen LogP contribution in [0.5, 0.6) is 0 Å². The van der Waals surface area contributed by atoms with Crippen LogP contribution < -0.4 is 0 Å². The highest BCUT2D eigenvalue weighted by atomic mass is 35.5. The second-order valence-electron chi connectivity index (χ2n) is 6.17. The number of rotatable bonds is 6. The summed E-state index contributed by atoms with van der Waals surface area (Å²) < 4.78 is 35.2. The van der Waals surface area contributed by atoms with E-state index < -0.39 is 28.6 Å². The molecule has 1 aromatic heterocycles. The van der Waals surface area contributed by atoms with E-state index in [9.17, 15) is 13.2 Å².